The van der Waals surface area contributed by atoms with Crippen LogP contribution in [0.5, 0.6) is 0 Å². The molecule has 0 saturated carbocycles. The fraction of sp³-hybridized carbons (Fsp3) is 0.222. The zero-order valence-electron chi connectivity index (χ0n) is 13.2. The molecule has 0 atom stereocenters. The van der Waals surface area contributed by atoms with E-state index in [2.05, 4.69) is 5.10 Å². The van der Waals surface area contributed by atoms with Crippen LogP contribution in [0.1, 0.15) is 16.1 Å². The summed E-state index contributed by atoms with van der Waals surface area (Å²) in [5.41, 5.74) is 1.85. The molecule has 122 valence electrons. The van der Waals surface area contributed by atoms with Crippen LogP contribution in [0.3, 0.4) is 0 Å². The number of benzene rings is 1. The predicted molar refractivity (Wildman–Crippen MR) is 87.9 cm³/mol. The number of aliphatic hydroxyl groups is 1. The molecular weight excluding hydrogens is 306 g/mol. The van der Waals surface area contributed by atoms with Crippen molar-refractivity contribution in [1.29, 1.82) is 0 Å². The van der Waals surface area contributed by atoms with Crippen molar-refractivity contribution in [2.75, 3.05) is 13.1 Å². The number of aliphatic hydroxyl groups excluding tert-OH is 1. The molecule has 0 bridgehead atoms. The zero-order chi connectivity index (χ0) is 16.7. The maximum atomic E-state index is 12.7. The zero-order valence-corrected chi connectivity index (χ0v) is 13.2. The second-order valence-corrected chi connectivity index (χ2v) is 5.95. The van der Waals surface area contributed by atoms with Crippen molar-refractivity contribution in [3.05, 3.63) is 60.0 Å². The molecule has 24 heavy (non-hydrogen) atoms. The van der Waals surface area contributed by atoms with Crippen LogP contribution in [0, 0.1) is 6.92 Å². The second kappa shape index (κ2) is 5.65. The van der Waals surface area contributed by atoms with Gasteiger partial charge in [0, 0.05) is 19.3 Å². The minimum atomic E-state index is -0.438. The van der Waals surface area contributed by atoms with Crippen molar-refractivity contribution in [2.24, 2.45) is 0 Å². The molecule has 1 aliphatic heterocycles. The second-order valence-electron chi connectivity index (χ2n) is 5.95. The van der Waals surface area contributed by atoms with Crippen LogP contribution in [-0.4, -0.2) is 44.9 Å². The number of aromatic nitrogens is 2. The number of carbonyl (C=O) groups excluding carboxylic acids is 1. The Kier molecular flexibility index (Phi) is 3.46. The summed E-state index contributed by atoms with van der Waals surface area (Å²) in [5.74, 6) is 1.18. The lowest BCUT2D eigenvalue weighted by Gasteiger charge is -2.35. The van der Waals surface area contributed by atoms with E-state index < -0.39 is 6.10 Å². The van der Waals surface area contributed by atoms with Gasteiger partial charge in [0.05, 0.1) is 17.4 Å². The van der Waals surface area contributed by atoms with Crippen molar-refractivity contribution in [2.45, 2.75) is 13.0 Å². The lowest BCUT2D eigenvalue weighted by molar-refractivity contribution is 0.00593. The lowest BCUT2D eigenvalue weighted by Crippen LogP contribution is -2.53. The smallest absolute Gasteiger partial charge is 0.258 e. The van der Waals surface area contributed by atoms with Crippen LogP contribution in [0.4, 0.5) is 0 Å². The number of aryl methyl sites for hydroxylation is 1. The van der Waals surface area contributed by atoms with E-state index >= 15 is 0 Å². The highest BCUT2D eigenvalue weighted by atomic mass is 16.3. The molecule has 0 unspecified atom stereocenters. The summed E-state index contributed by atoms with van der Waals surface area (Å²) in [7, 11) is 0. The van der Waals surface area contributed by atoms with Crippen molar-refractivity contribution in [3.63, 3.8) is 0 Å². The summed E-state index contributed by atoms with van der Waals surface area (Å²) >= 11 is 0. The van der Waals surface area contributed by atoms with E-state index in [0.717, 1.165) is 11.4 Å². The lowest BCUT2D eigenvalue weighted by atomic mass is 10.1. The van der Waals surface area contributed by atoms with Gasteiger partial charge in [-0.25, -0.2) is 4.68 Å². The van der Waals surface area contributed by atoms with E-state index in [-0.39, 0.29) is 5.91 Å². The van der Waals surface area contributed by atoms with Crippen molar-refractivity contribution < 1.29 is 14.3 Å². The van der Waals surface area contributed by atoms with Gasteiger partial charge in [0.2, 0.25) is 0 Å². The Morgan fingerprint density at radius 2 is 1.96 bits per heavy atom. The molecule has 1 saturated heterocycles. The Morgan fingerprint density at radius 1 is 1.21 bits per heavy atom. The molecular formula is C18H17N3O3. The standard InChI is InChI=1S/C18H17N3O3/c1-12-7-8-16(24-12)17-15(18(23)20-9-14(22)10-20)11-21(19-17)13-5-3-2-4-6-13/h2-8,11,14,22H,9-10H2,1H3. The normalized spacial score (nSPS) is 14.7. The molecule has 1 fully saturated rings. The number of rotatable bonds is 3. The minimum absolute atomic E-state index is 0.147. The Balaban J connectivity index is 1.78. The highest BCUT2D eigenvalue weighted by molar-refractivity contribution is 5.99. The van der Waals surface area contributed by atoms with Gasteiger partial charge in [-0.15, -0.1) is 0 Å². The molecule has 4 rings (SSSR count). The fourth-order valence-electron chi connectivity index (χ4n) is 2.78. The Labute approximate surface area is 138 Å². The summed E-state index contributed by atoms with van der Waals surface area (Å²) in [6.45, 7) is 2.56. The summed E-state index contributed by atoms with van der Waals surface area (Å²) in [5, 5.41) is 14.0. The number of furan rings is 1. The maximum absolute atomic E-state index is 12.7. The molecule has 3 heterocycles. The summed E-state index contributed by atoms with van der Waals surface area (Å²) < 4.78 is 7.34. The number of para-hydroxylation sites is 1. The van der Waals surface area contributed by atoms with Gasteiger partial charge < -0.3 is 14.4 Å². The number of amides is 1. The van der Waals surface area contributed by atoms with Gasteiger partial charge in [-0.2, -0.15) is 5.10 Å². The average molecular weight is 323 g/mol. The highest BCUT2D eigenvalue weighted by Gasteiger charge is 2.32. The van der Waals surface area contributed by atoms with Gasteiger partial charge in [-0.3, -0.25) is 4.79 Å². The molecule has 1 aromatic carbocycles. The Morgan fingerprint density at radius 3 is 2.58 bits per heavy atom. The monoisotopic (exact) mass is 323 g/mol. The molecule has 2 aromatic heterocycles. The maximum Gasteiger partial charge on any atom is 0.258 e. The molecule has 0 radical (unpaired) electrons. The van der Waals surface area contributed by atoms with Crippen molar-refractivity contribution >= 4 is 5.91 Å². The molecule has 0 aliphatic carbocycles. The predicted octanol–water partition coefficient (Wildman–Crippen LogP) is 2.26. The number of carbonyl (C=O) groups is 1. The number of hydrogen-bond acceptors (Lipinski definition) is 4. The first kappa shape index (κ1) is 14.7. The highest BCUT2D eigenvalue weighted by Crippen LogP contribution is 2.27. The van der Waals surface area contributed by atoms with E-state index in [4.69, 9.17) is 4.42 Å². The topological polar surface area (TPSA) is 71.5 Å². The Bertz CT molecular complexity index is 876. The van der Waals surface area contributed by atoms with Gasteiger partial charge >= 0.3 is 0 Å². The van der Waals surface area contributed by atoms with E-state index in [0.29, 0.717) is 30.1 Å². The first-order valence-electron chi connectivity index (χ1n) is 7.81. The van der Waals surface area contributed by atoms with E-state index in [1.807, 2.05) is 49.4 Å². The van der Waals surface area contributed by atoms with Gasteiger partial charge in [-0.05, 0) is 31.2 Å². The number of β-amino-alcohol motifs (C(OH)–C–C–N with tert-alkyl or cyclic N) is 1. The summed E-state index contributed by atoms with van der Waals surface area (Å²) in [4.78, 5) is 14.3. The Hall–Kier alpha value is -2.86. The number of nitrogens with zero attached hydrogens (tertiary/aromatic N) is 3. The van der Waals surface area contributed by atoms with Gasteiger partial charge in [-0.1, -0.05) is 18.2 Å². The van der Waals surface area contributed by atoms with Crippen LogP contribution in [0.2, 0.25) is 0 Å². The number of hydrogen-bond donors (Lipinski definition) is 1. The fourth-order valence-corrected chi connectivity index (χ4v) is 2.78. The van der Waals surface area contributed by atoms with Crippen LogP contribution >= 0.6 is 0 Å². The molecule has 1 amide bonds. The van der Waals surface area contributed by atoms with E-state index in [9.17, 15) is 9.90 Å². The third kappa shape index (κ3) is 2.51. The molecule has 1 N–H and O–H groups in total. The third-order valence-electron chi connectivity index (χ3n) is 4.09. The van der Waals surface area contributed by atoms with Gasteiger partial charge in [0.25, 0.3) is 5.91 Å². The average Bonchev–Trinajstić information content (AvgIpc) is 3.18. The summed E-state index contributed by atoms with van der Waals surface area (Å²) in [6, 6.07) is 13.3. The SMILES string of the molecule is Cc1ccc(-c2nn(-c3ccccc3)cc2C(=O)N2CC(O)C2)o1. The number of likely N-dealkylation sites (tertiary alicyclic amines) is 1. The largest absolute Gasteiger partial charge is 0.460 e. The molecule has 6 heteroatoms. The first-order chi connectivity index (χ1) is 11.6. The van der Waals surface area contributed by atoms with Gasteiger partial charge in [0.1, 0.15) is 11.5 Å². The van der Waals surface area contributed by atoms with Crippen molar-refractivity contribution in [1.82, 2.24) is 14.7 Å². The minimum Gasteiger partial charge on any atom is -0.460 e. The van der Waals surface area contributed by atoms with Gasteiger partial charge in [0.15, 0.2) is 5.76 Å². The molecule has 1 aliphatic rings. The molecule has 3 aromatic rings. The van der Waals surface area contributed by atoms with E-state index in [1.54, 1.807) is 15.8 Å². The van der Waals surface area contributed by atoms with E-state index in [1.165, 1.54) is 0 Å². The third-order valence-corrected chi connectivity index (χ3v) is 4.09. The van der Waals surface area contributed by atoms with Crippen molar-refractivity contribution in [3.8, 4) is 17.1 Å². The molecule has 0 spiro atoms. The van der Waals surface area contributed by atoms with Crippen LogP contribution in [0.15, 0.2) is 53.1 Å². The quantitative estimate of drug-likeness (QED) is 0.802. The van der Waals surface area contributed by atoms with Crippen LogP contribution in [-0.2, 0) is 0 Å². The molecule has 6 nitrogen and oxygen atoms in total. The first-order valence-corrected chi connectivity index (χ1v) is 7.81. The van der Waals surface area contributed by atoms with Crippen LogP contribution in [0.25, 0.3) is 17.1 Å². The summed E-state index contributed by atoms with van der Waals surface area (Å²) in [6.07, 6.45) is 1.28. The van der Waals surface area contributed by atoms with Crippen LogP contribution < -0.4 is 0 Å².